The summed E-state index contributed by atoms with van der Waals surface area (Å²) < 4.78 is 17.4. The van der Waals surface area contributed by atoms with Crippen LogP contribution in [0.15, 0.2) is 24.3 Å². The van der Waals surface area contributed by atoms with E-state index in [9.17, 15) is 0 Å². The monoisotopic (exact) mass is 280 g/mol. The highest BCUT2D eigenvalue weighted by molar-refractivity contribution is 5.31. The van der Waals surface area contributed by atoms with E-state index < -0.39 is 0 Å². The number of hydrogen-bond donors (Lipinski definition) is 0. The zero-order valence-corrected chi connectivity index (χ0v) is 13.8. The molecule has 0 spiro atoms. The molecule has 0 saturated carbocycles. The number of benzene rings is 1. The Morgan fingerprint density at radius 2 is 1.20 bits per heavy atom. The second-order valence-corrected chi connectivity index (χ2v) is 6.40. The van der Waals surface area contributed by atoms with Gasteiger partial charge in [0, 0.05) is 0 Å². The molecule has 0 bridgehead atoms. The molecule has 2 unspecified atom stereocenters. The van der Waals surface area contributed by atoms with Crippen LogP contribution in [0, 0.1) is 0 Å². The first-order chi connectivity index (χ1) is 9.17. The number of hydrogen-bond acceptors (Lipinski definition) is 3. The van der Waals surface area contributed by atoms with Gasteiger partial charge in [-0.1, -0.05) is 0 Å². The predicted molar refractivity (Wildman–Crippen MR) is 82.6 cm³/mol. The fourth-order valence-corrected chi connectivity index (χ4v) is 1.83. The zero-order chi connectivity index (χ0) is 15.3. The lowest BCUT2D eigenvalue weighted by atomic mass is 10.1. The maximum atomic E-state index is 5.90. The normalized spacial score (nSPS) is 15.0. The summed E-state index contributed by atoms with van der Waals surface area (Å²) in [5.74, 6) is 1.69. The first-order valence-electron chi connectivity index (χ1n) is 7.28. The third-order valence-electron chi connectivity index (χ3n) is 2.72. The van der Waals surface area contributed by atoms with Crippen LogP contribution in [0.3, 0.4) is 0 Å². The van der Waals surface area contributed by atoms with Crippen molar-refractivity contribution in [2.45, 2.75) is 72.4 Å². The van der Waals surface area contributed by atoms with Gasteiger partial charge in [-0.25, -0.2) is 0 Å². The van der Waals surface area contributed by atoms with Gasteiger partial charge >= 0.3 is 0 Å². The van der Waals surface area contributed by atoms with Gasteiger partial charge in [-0.3, -0.25) is 0 Å². The van der Waals surface area contributed by atoms with E-state index in [1.54, 1.807) is 0 Å². The highest BCUT2D eigenvalue weighted by Crippen LogP contribution is 2.21. The van der Waals surface area contributed by atoms with Gasteiger partial charge in [0.05, 0.1) is 17.8 Å². The van der Waals surface area contributed by atoms with Crippen LogP contribution in [0.4, 0.5) is 0 Å². The van der Waals surface area contributed by atoms with Crippen LogP contribution in [-0.4, -0.2) is 23.9 Å². The summed E-state index contributed by atoms with van der Waals surface area (Å²) >= 11 is 0. The van der Waals surface area contributed by atoms with E-state index in [1.165, 1.54) is 0 Å². The Hall–Kier alpha value is -1.22. The topological polar surface area (TPSA) is 27.7 Å². The van der Waals surface area contributed by atoms with E-state index in [2.05, 4.69) is 0 Å². The lowest BCUT2D eigenvalue weighted by Crippen LogP contribution is -2.35. The average Bonchev–Trinajstić information content (AvgIpc) is 2.28. The molecule has 0 N–H and O–H groups in total. The highest BCUT2D eigenvalue weighted by Gasteiger charge is 2.21. The smallest absolute Gasteiger partial charge is 0.122 e. The van der Waals surface area contributed by atoms with Crippen LogP contribution >= 0.6 is 0 Å². The molecule has 1 rings (SSSR count). The van der Waals surface area contributed by atoms with Gasteiger partial charge in [-0.2, -0.15) is 0 Å². The molecule has 114 valence electrons. The van der Waals surface area contributed by atoms with Crippen LogP contribution in [0.1, 0.15) is 48.5 Å². The van der Waals surface area contributed by atoms with Crippen molar-refractivity contribution in [2.75, 3.05) is 0 Å². The molecular formula is C17H28O3. The molecule has 0 radical (unpaired) electrons. The van der Waals surface area contributed by atoms with Gasteiger partial charge < -0.3 is 14.2 Å². The zero-order valence-electron chi connectivity index (χ0n) is 13.8. The van der Waals surface area contributed by atoms with E-state index in [-0.39, 0.29) is 23.9 Å². The molecule has 0 saturated heterocycles. The van der Waals surface area contributed by atoms with Crippen molar-refractivity contribution in [3.63, 3.8) is 0 Å². The lowest BCUT2D eigenvalue weighted by Gasteiger charge is -2.29. The van der Waals surface area contributed by atoms with Gasteiger partial charge in [0.2, 0.25) is 0 Å². The van der Waals surface area contributed by atoms with E-state index >= 15 is 0 Å². The fraction of sp³-hybridized carbons (Fsp3) is 0.647. The molecule has 0 aliphatic carbocycles. The Labute approximate surface area is 123 Å². The summed E-state index contributed by atoms with van der Waals surface area (Å²) in [4.78, 5) is 0. The summed E-state index contributed by atoms with van der Waals surface area (Å²) in [6, 6.07) is 7.71. The molecule has 0 aromatic heterocycles. The van der Waals surface area contributed by atoms with Crippen molar-refractivity contribution >= 4 is 0 Å². The molecule has 1 aromatic rings. The quantitative estimate of drug-likeness (QED) is 0.770. The first kappa shape index (κ1) is 16.8. The third-order valence-corrected chi connectivity index (χ3v) is 2.72. The maximum Gasteiger partial charge on any atom is 0.122 e. The number of rotatable bonds is 6. The Balaban J connectivity index is 2.55. The highest BCUT2D eigenvalue weighted by atomic mass is 16.6. The minimum Gasteiger partial charge on any atom is -0.491 e. The third kappa shape index (κ3) is 6.29. The minimum atomic E-state index is -0.161. The number of ether oxygens (including phenoxy) is 3. The van der Waals surface area contributed by atoms with Crippen LogP contribution in [0.25, 0.3) is 0 Å². The Kier molecular flexibility index (Phi) is 5.88. The standard InChI is InChI=1S/C17H28O3/c1-12(2)18-15-8-10-16(11-9-15)19-13(3)14(4)20-17(5,6)7/h8-14H,1-7H3. The second kappa shape index (κ2) is 6.98. The molecule has 3 nitrogen and oxygen atoms in total. The molecule has 0 amide bonds. The van der Waals surface area contributed by atoms with Crippen molar-refractivity contribution < 1.29 is 14.2 Å². The molecular weight excluding hydrogens is 252 g/mol. The molecule has 0 heterocycles. The van der Waals surface area contributed by atoms with Gasteiger partial charge in [0.25, 0.3) is 0 Å². The average molecular weight is 280 g/mol. The summed E-state index contributed by atoms with van der Waals surface area (Å²) in [5, 5.41) is 0. The molecule has 3 heteroatoms. The summed E-state index contributed by atoms with van der Waals surface area (Å²) in [5.41, 5.74) is -0.161. The second-order valence-electron chi connectivity index (χ2n) is 6.40. The van der Waals surface area contributed by atoms with E-state index in [0.717, 1.165) is 11.5 Å². The van der Waals surface area contributed by atoms with Gasteiger partial charge in [0.15, 0.2) is 0 Å². The Morgan fingerprint density at radius 1 is 0.750 bits per heavy atom. The summed E-state index contributed by atoms with van der Waals surface area (Å²) in [7, 11) is 0. The van der Waals surface area contributed by atoms with Crippen LogP contribution in [-0.2, 0) is 4.74 Å². The van der Waals surface area contributed by atoms with Crippen molar-refractivity contribution in [3.8, 4) is 11.5 Å². The summed E-state index contributed by atoms with van der Waals surface area (Å²) in [6.45, 7) is 14.2. The van der Waals surface area contributed by atoms with Gasteiger partial charge in [-0.15, -0.1) is 0 Å². The lowest BCUT2D eigenvalue weighted by molar-refractivity contribution is -0.0902. The van der Waals surface area contributed by atoms with E-state index in [1.807, 2.05) is 72.7 Å². The van der Waals surface area contributed by atoms with E-state index in [0.29, 0.717) is 0 Å². The molecule has 1 aromatic carbocycles. The van der Waals surface area contributed by atoms with Crippen LogP contribution < -0.4 is 9.47 Å². The first-order valence-corrected chi connectivity index (χ1v) is 7.28. The SMILES string of the molecule is CC(C)Oc1ccc(OC(C)C(C)OC(C)(C)C)cc1. The summed E-state index contributed by atoms with van der Waals surface area (Å²) in [6.07, 6.45) is 0.202. The minimum absolute atomic E-state index is 0.00825. The Morgan fingerprint density at radius 3 is 1.60 bits per heavy atom. The fourth-order valence-electron chi connectivity index (χ4n) is 1.83. The van der Waals surface area contributed by atoms with Crippen LogP contribution in [0.2, 0.25) is 0 Å². The maximum absolute atomic E-state index is 5.90. The molecule has 2 atom stereocenters. The molecule has 0 aliphatic rings. The molecule has 20 heavy (non-hydrogen) atoms. The van der Waals surface area contributed by atoms with E-state index in [4.69, 9.17) is 14.2 Å². The van der Waals surface area contributed by atoms with Gasteiger partial charge in [0.1, 0.15) is 17.6 Å². The van der Waals surface area contributed by atoms with Crippen molar-refractivity contribution in [2.24, 2.45) is 0 Å². The predicted octanol–water partition coefficient (Wildman–Crippen LogP) is 4.44. The van der Waals surface area contributed by atoms with Crippen molar-refractivity contribution in [3.05, 3.63) is 24.3 Å². The van der Waals surface area contributed by atoms with Crippen molar-refractivity contribution in [1.29, 1.82) is 0 Å². The molecule has 0 aliphatic heterocycles. The van der Waals surface area contributed by atoms with Crippen LogP contribution in [0.5, 0.6) is 11.5 Å². The molecule has 0 fully saturated rings. The van der Waals surface area contributed by atoms with Gasteiger partial charge in [-0.05, 0) is 72.7 Å². The van der Waals surface area contributed by atoms with Crippen molar-refractivity contribution in [1.82, 2.24) is 0 Å². The largest absolute Gasteiger partial charge is 0.491 e. The Bertz CT molecular complexity index is 390.